The zero-order valence-corrected chi connectivity index (χ0v) is 19.5. The van der Waals surface area contributed by atoms with Crippen molar-refractivity contribution in [1.29, 1.82) is 0 Å². The average Bonchev–Trinajstić information content (AvgIpc) is 3.12. The van der Waals surface area contributed by atoms with Gasteiger partial charge in [-0.05, 0) is 42.8 Å². The summed E-state index contributed by atoms with van der Waals surface area (Å²) >= 11 is 3.50. The van der Waals surface area contributed by atoms with E-state index in [-0.39, 0.29) is 5.56 Å². The molecule has 32 heavy (non-hydrogen) atoms. The summed E-state index contributed by atoms with van der Waals surface area (Å²) in [6, 6.07) is 15.6. The van der Waals surface area contributed by atoms with Crippen LogP contribution in [0.4, 0.5) is 0 Å². The molecule has 0 radical (unpaired) electrons. The van der Waals surface area contributed by atoms with E-state index in [1.807, 2.05) is 60.0 Å². The standard InChI is InChI=1S/C24H22BrN5O2/c1-3-19-28-22-20(24(31)29(19)13-6-14-32-2)21-23(27-18-8-5-4-7-17(18)26-21)30(22)16-11-9-15(25)10-12-16/h4-5,7-12H,3,6,13-14H2,1-2H3. The molecule has 0 atom stereocenters. The molecule has 0 aliphatic carbocycles. The van der Waals surface area contributed by atoms with Crippen molar-refractivity contribution in [3.05, 3.63) is 69.2 Å². The number of aromatic nitrogens is 5. The van der Waals surface area contributed by atoms with Gasteiger partial charge in [-0.3, -0.25) is 13.9 Å². The largest absolute Gasteiger partial charge is 0.385 e. The lowest BCUT2D eigenvalue weighted by Crippen LogP contribution is -2.26. The third-order valence-electron chi connectivity index (χ3n) is 5.57. The number of methoxy groups -OCH3 is 1. The predicted molar refractivity (Wildman–Crippen MR) is 130 cm³/mol. The molecule has 3 heterocycles. The zero-order valence-electron chi connectivity index (χ0n) is 17.9. The van der Waals surface area contributed by atoms with E-state index in [9.17, 15) is 4.79 Å². The number of para-hydroxylation sites is 2. The zero-order chi connectivity index (χ0) is 22.2. The Hall–Kier alpha value is -3.10. The first-order valence-electron chi connectivity index (χ1n) is 10.6. The molecule has 0 unspecified atom stereocenters. The summed E-state index contributed by atoms with van der Waals surface area (Å²) in [6.07, 6.45) is 1.37. The Kier molecular flexibility index (Phi) is 5.48. The van der Waals surface area contributed by atoms with Gasteiger partial charge in [0.05, 0.1) is 11.0 Å². The van der Waals surface area contributed by atoms with Gasteiger partial charge in [-0.25, -0.2) is 15.0 Å². The fourth-order valence-corrected chi connectivity index (χ4v) is 4.34. The van der Waals surface area contributed by atoms with Gasteiger partial charge in [0.15, 0.2) is 11.3 Å². The summed E-state index contributed by atoms with van der Waals surface area (Å²) in [5, 5.41) is 0.496. The van der Waals surface area contributed by atoms with Crippen LogP contribution in [0.15, 0.2) is 57.8 Å². The molecule has 5 rings (SSSR count). The Morgan fingerprint density at radius 2 is 1.69 bits per heavy atom. The highest BCUT2D eigenvalue weighted by Gasteiger charge is 2.22. The van der Waals surface area contributed by atoms with Gasteiger partial charge in [-0.15, -0.1) is 0 Å². The SMILES string of the molecule is CCc1nc2c(c(=O)n1CCCOC)c1nc3ccccc3nc1n2-c1ccc(Br)cc1. The first kappa shape index (κ1) is 20.8. The van der Waals surface area contributed by atoms with Crippen LogP contribution < -0.4 is 5.56 Å². The minimum Gasteiger partial charge on any atom is -0.385 e. The molecule has 0 N–H and O–H groups in total. The van der Waals surface area contributed by atoms with Crippen LogP contribution in [0.1, 0.15) is 19.2 Å². The molecule has 0 saturated carbocycles. The molecule has 0 fully saturated rings. The van der Waals surface area contributed by atoms with Crippen molar-refractivity contribution < 1.29 is 4.74 Å². The minimum absolute atomic E-state index is 0.0894. The second-order valence-corrected chi connectivity index (χ2v) is 8.50. The number of halogens is 1. The van der Waals surface area contributed by atoms with Gasteiger partial charge in [-0.1, -0.05) is 35.0 Å². The number of benzene rings is 2. The summed E-state index contributed by atoms with van der Waals surface area (Å²) in [6.45, 7) is 3.14. The highest BCUT2D eigenvalue weighted by Crippen LogP contribution is 2.29. The van der Waals surface area contributed by atoms with Gasteiger partial charge in [0, 0.05) is 36.8 Å². The third-order valence-corrected chi connectivity index (χ3v) is 6.10. The number of rotatable bonds is 6. The maximum Gasteiger partial charge on any atom is 0.265 e. The van der Waals surface area contributed by atoms with E-state index in [2.05, 4.69) is 15.9 Å². The van der Waals surface area contributed by atoms with E-state index < -0.39 is 0 Å². The summed E-state index contributed by atoms with van der Waals surface area (Å²) in [5.41, 5.74) is 4.10. The summed E-state index contributed by atoms with van der Waals surface area (Å²) in [7, 11) is 1.66. The Morgan fingerprint density at radius 1 is 0.969 bits per heavy atom. The van der Waals surface area contributed by atoms with Crippen molar-refractivity contribution in [3.8, 4) is 5.69 Å². The van der Waals surface area contributed by atoms with Crippen LogP contribution in [0.5, 0.6) is 0 Å². The number of nitrogens with zero attached hydrogens (tertiary/aromatic N) is 5. The number of aryl methyl sites for hydroxylation is 1. The van der Waals surface area contributed by atoms with Crippen LogP contribution in [-0.4, -0.2) is 37.8 Å². The van der Waals surface area contributed by atoms with E-state index in [0.717, 1.165) is 33.4 Å². The van der Waals surface area contributed by atoms with Gasteiger partial charge in [0.25, 0.3) is 5.56 Å². The highest BCUT2D eigenvalue weighted by molar-refractivity contribution is 9.10. The average molecular weight is 492 g/mol. The van der Waals surface area contributed by atoms with E-state index in [1.54, 1.807) is 11.7 Å². The molecule has 0 amide bonds. The fraction of sp³-hybridized carbons (Fsp3) is 0.250. The maximum absolute atomic E-state index is 13.7. The van der Waals surface area contributed by atoms with Crippen molar-refractivity contribution in [2.24, 2.45) is 0 Å². The molecule has 2 aromatic carbocycles. The van der Waals surface area contributed by atoms with Crippen molar-refractivity contribution in [2.75, 3.05) is 13.7 Å². The van der Waals surface area contributed by atoms with E-state index in [1.165, 1.54) is 0 Å². The highest BCUT2D eigenvalue weighted by atomic mass is 79.9. The van der Waals surface area contributed by atoms with E-state index in [0.29, 0.717) is 41.8 Å². The number of hydrogen-bond donors (Lipinski definition) is 0. The molecule has 162 valence electrons. The van der Waals surface area contributed by atoms with Gasteiger partial charge in [0.1, 0.15) is 16.7 Å². The lowest BCUT2D eigenvalue weighted by molar-refractivity contribution is 0.189. The molecule has 8 heteroatoms. The fourth-order valence-electron chi connectivity index (χ4n) is 4.07. The predicted octanol–water partition coefficient (Wildman–Crippen LogP) is 4.65. The minimum atomic E-state index is -0.0894. The third kappa shape index (κ3) is 3.40. The molecular weight excluding hydrogens is 470 g/mol. The van der Waals surface area contributed by atoms with Gasteiger partial charge < -0.3 is 4.74 Å². The normalized spacial score (nSPS) is 11.7. The van der Waals surface area contributed by atoms with Crippen LogP contribution in [0.3, 0.4) is 0 Å². The molecule has 0 saturated heterocycles. The molecule has 0 spiro atoms. The maximum atomic E-state index is 13.7. The van der Waals surface area contributed by atoms with Crippen molar-refractivity contribution in [1.82, 2.24) is 24.1 Å². The second-order valence-electron chi connectivity index (χ2n) is 7.58. The lowest BCUT2D eigenvalue weighted by atomic mass is 10.2. The smallest absolute Gasteiger partial charge is 0.265 e. The monoisotopic (exact) mass is 491 g/mol. The summed E-state index contributed by atoms with van der Waals surface area (Å²) in [5.74, 6) is 0.740. The Bertz CT molecular complexity index is 1510. The van der Waals surface area contributed by atoms with Crippen LogP contribution >= 0.6 is 15.9 Å². The Labute approximate surface area is 192 Å². The molecule has 0 aliphatic heterocycles. The molecule has 7 nitrogen and oxygen atoms in total. The van der Waals surface area contributed by atoms with Crippen LogP contribution in [0.25, 0.3) is 38.9 Å². The molecule has 0 bridgehead atoms. The summed E-state index contributed by atoms with van der Waals surface area (Å²) in [4.78, 5) is 28.4. The van der Waals surface area contributed by atoms with Crippen molar-refractivity contribution >= 4 is 49.2 Å². The van der Waals surface area contributed by atoms with Crippen LogP contribution in [0.2, 0.25) is 0 Å². The van der Waals surface area contributed by atoms with Crippen LogP contribution in [-0.2, 0) is 17.7 Å². The van der Waals surface area contributed by atoms with Crippen molar-refractivity contribution in [2.45, 2.75) is 26.3 Å². The number of fused-ring (bicyclic) bond motifs is 4. The first-order valence-corrected chi connectivity index (χ1v) is 11.4. The van der Waals surface area contributed by atoms with Gasteiger partial charge in [-0.2, -0.15) is 0 Å². The van der Waals surface area contributed by atoms with E-state index >= 15 is 0 Å². The van der Waals surface area contributed by atoms with Crippen LogP contribution in [0, 0.1) is 0 Å². The lowest BCUT2D eigenvalue weighted by Gasteiger charge is -2.12. The molecule has 5 aromatic rings. The number of hydrogen-bond acceptors (Lipinski definition) is 5. The number of ether oxygens (including phenoxy) is 1. The second kappa shape index (κ2) is 8.44. The van der Waals surface area contributed by atoms with Crippen molar-refractivity contribution in [3.63, 3.8) is 0 Å². The topological polar surface area (TPSA) is 74.8 Å². The Balaban J connectivity index is 1.91. The quantitative estimate of drug-likeness (QED) is 0.323. The first-order chi connectivity index (χ1) is 15.6. The molecule has 0 aliphatic rings. The van der Waals surface area contributed by atoms with E-state index in [4.69, 9.17) is 19.7 Å². The summed E-state index contributed by atoms with van der Waals surface area (Å²) < 4.78 is 9.86. The Morgan fingerprint density at radius 3 is 2.38 bits per heavy atom. The molecule has 3 aromatic heterocycles. The van der Waals surface area contributed by atoms with Gasteiger partial charge in [0.2, 0.25) is 0 Å². The molecular formula is C24H22BrN5O2. The van der Waals surface area contributed by atoms with Gasteiger partial charge >= 0.3 is 0 Å².